The van der Waals surface area contributed by atoms with Crippen molar-refractivity contribution in [1.82, 2.24) is 4.98 Å². The van der Waals surface area contributed by atoms with E-state index in [4.69, 9.17) is 4.74 Å². The number of aromatic nitrogens is 1. The van der Waals surface area contributed by atoms with Gasteiger partial charge in [0.15, 0.2) is 0 Å². The second-order valence-electron chi connectivity index (χ2n) is 5.86. The van der Waals surface area contributed by atoms with Gasteiger partial charge in [-0.05, 0) is 37.7 Å². The Kier molecular flexibility index (Phi) is 3.28. The molecule has 1 aromatic rings. The van der Waals surface area contributed by atoms with E-state index < -0.39 is 5.97 Å². The third-order valence-electron chi connectivity index (χ3n) is 4.56. The number of methoxy groups -OCH3 is 1. The van der Waals surface area contributed by atoms with Gasteiger partial charge in [-0.2, -0.15) is 0 Å². The van der Waals surface area contributed by atoms with Gasteiger partial charge in [0, 0.05) is 11.6 Å². The van der Waals surface area contributed by atoms with Crippen molar-refractivity contribution in [3.63, 3.8) is 0 Å². The van der Waals surface area contributed by atoms with Crippen molar-refractivity contribution < 1.29 is 14.3 Å². The molecule has 5 nitrogen and oxygen atoms in total. The number of carbonyl (C=O) groups excluding carboxylic acids is 2. The largest absolute Gasteiger partial charge is 0.464 e. The first-order valence-electron chi connectivity index (χ1n) is 7.20. The maximum atomic E-state index is 12.3. The number of hydrogen-bond acceptors (Lipinski definition) is 3. The Bertz CT molecular complexity index is 537. The summed E-state index contributed by atoms with van der Waals surface area (Å²) in [5.41, 5.74) is 1.68. The summed E-state index contributed by atoms with van der Waals surface area (Å²) in [4.78, 5) is 26.9. The van der Waals surface area contributed by atoms with Crippen molar-refractivity contribution in [1.29, 1.82) is 0 Å². The van der Waals surface area contributed by atoms with Gasteiger partial charge >= 0.3 is 5.97 Å². The number of nitrogens with one attached hydrogen (secondary N) is 2. The van der Waals surface area contributed by atoms with Crippen LogP contribution in [0.3, 0.4) is 0 Å². The Balaban J connectivity index is 1.72. The number of aromatic amines is 1. The minimum Gasteiger partial charge on any atom is -0.464 e. The molecule has 1 amide bonds. The van der Waals surface area contributed by atoms with E-state index in [-0.39, 0.29) is 11.8 Å². The van der Waals surface area contributed by atoms with Crippen molar-refractivity contribution in [2.75, 3.05) is 12.4 Å². The van der Waals surface area contributed by atoms with E-state index in [9.17, 15) is 9.59 Å². The van der Waals surface area contributed by atoms with Crippen LogP contribution in [0.2, 0.25) is 0 Å². The first-order valence-corrected chi connectivity index (χ1v) is 7.20. The Morgan fingerprint density at radius 3 is 2.55 bits per heavy atom. The molecular formula is C15H20N2O3. The number of aryl methyl sites for hydroxylation is 1. The van der Waals surface area contributed by atoms with Crippen LogP contribution in [-0.2, 0) is 9.53 Å². The molecule has 108 valence electrons. The quantitative estimate of drug-likeness (QED) is 0.833. The van der Waals surface area contributed by atoms with Gasteiger partial charge in [-0.25, -0.2) is 4.79 Å². The minimum absolute atomic E-state index is 0.0473. The van der Waals surface area contributed by atoms with Crippen LogP contribution in [0.4, 0.5) is 5.69 Å². The summed E-state index contributed by atoms with van der Waals surface area (Å²) in [6, 6.07) is 1.77. The molecule has 5 heteroatoms. The summed E-state index contributed by atoms with van der Waals surface area (Å²) in [6.07, 6.45) is 4.81. The molecular weight excluding hydrogens is 256 g/mol. The zero-order chi connectivity index (χ0) is 14.3. The number of carbonyl (C=O) groups is 2. The molecule has 0 aliphatic heterocycles. The van der Waals surface area contributed by atoms with Gasteiger partial charge in [0.1, 0.15) is 5.69 Å². The molecule has 0 saturated heterocycles. The van der Waals surface area contributed by atoms with Crippen LogP contribution >= 0.6 is 0 Å². The van der Waals surface area contributed by atoms with Gasteiger partial charge < -0.3 is 15.0 Å². The van der Waals surface area contributed by atoms with Gasteiger partial charge in [-0.15, -0.1) is 0 Å². The Hall–Kier alpha value is -1.78. The summed E-state index contributed by atoms with van der Waals surface area (Å²) in [5, 5.41) is 2.89. The van der Waals surface area contributed by atoms with Gasteiger partial charge in [-0.3, -0.25) is 4.79 Å². The highest BCUT2D eigenvalue weighted by Crippen LogP contribution is 2.55. The van der Waals surface area contributed by atoms with Crippen molar-refractivity contribution >= 4 is 17.6 Å². The molecule has 0 aromatic carbocycles. The van der Waals surface area contributed by atoms with E-state index in [0.29, 0.717) is 23.2 Å². The number of fused-ring (bicyclic) bond motifs is 1. The van der Waals surface area contributed by atoms with Gasteiger partial charge in [0.25, 0.3) is 0 Å². The SMILES string of the molecule is COC(=O)c1[nH]c(C)cc1NC(=O)C1[C@H]2CCCC[C@@H]12. The lowest BCUT2D eigenvalue weighted by Crippen LogP contribution is -2.17. The first-order chi connectivity index (χ1) is 9.61. The van der Waals surface area contributed by atoms with E-state index in [2.05, 4.69) is 10.3 Å². The lowest BCUT2D eigenvalue weighted by Gasteiger charge is -2.05. The summed E-state index contributed by atoms with van der Waals surface area (Å²) in [6.45, 7) is 1.85. The monoisotopic (exact) mass is 276 g/mol. The third kappa shape index (κ3) is 2.21. The predicted octanol–water partition coefficient (Wildman–Crippen LogP) is 2.48. The second kappa shape index (κ2) is 4.96. The van der Waals surface area contributed by atoms with Gasteiger partial charge in [-0.1, -0.05) is 12.8 Å². The number of ether oxygens (including phenoxy) is 1. The molecule has 1 aromatic heterocycles. The van der Waals surface area contributed by atoms with E-state index in [0.717, 1.165) is 5.69 Å². The minimum atomic E-state index is -0.457. The maximum absolute atomic E-state index is 12.3. The molecule has 2 aliphatic carbocycles. The van der Waals surface area contributed by atoms with Crippen LogP contribution < -0.4 is 5.32 Å². The first kappa shape index (κ1) is 13.2. The van der Waals surface area contributed by atoms with Crippen LogP contribution in [0.5, 0.6) is 0 Å². The number of hydrogen-bond donors (Lipinski definition) is 2. The van der Waals surface area contributed by atoms with E-state index in [1.807, 2.05) is 6.92 Å². The van der Waals surface area contributed by atoms with Gasteiger partial charge in [0.2, 0.25) is 5.91 Å². The summed E-state index contributed by atoms with van der Waals surface area (Å²) >= 11 is 0. The Morgan fingerprint density at radius 1 is 1.30 bits per heavy atom. The van der Waals surface area contributed by atoms with Crippen LogP contribution in [0.15, 0.2) is 6.07 Å². The summed E-state index contributed by atoms with van der Waals surface area (Å²) in [7, 11) is 1.33. The average Bonchev–Trinajstić information content (AvgIpc) is 3.07. The Labute approximate surface area is 118 Å². The highest BCUT2D eigenvalue weighted by Gasteiger charge is 2.54. The van der Waals surface area contributed by atoms with E-state index >= 15 is 0 Å². The molecule has 3 atom stereocenters. The standard InChI is InChI=1S/C15H20N2O3/c1-8-7-11(13(16-8)15(19)20-2)17-14(18)12-9-5-3-4-6-10(9)12/h7,9-10,12,16H,3-6H2,1-2H3,(H,17,18)/t9-,10+,12?. The number of anilines is 1. The maximum Gasteiger partial charge on any atom is 0.356 e. The predicted molar refractivity (Wildman–Crippen MR) is 74.4 cm³/mol. The fourth-order valence-electron chi connectivity index (χ4n) is 3.55. The summed E-state index contributed by atoms with van der Waals surface area (Å²) in [5.74, 6) is 0.849. The fourth-order valence-corrected chi connectivity index (χ4v) is 3.55. The highest BCUT2D eigenvalue weighted by molar-refractivity contribution is 6.02. The number of amides is 1. The van der Waals surface area contributed by atoms with Crippen molar-refractivity contribution in [3.05, 3.63) is 17.5 Å². The molecule has 2 aliphatic rings. The molecule has 1 unspecified atom stereocenters. The number of esters is 1. The topological polar surface area (TPSA) is 71.2 Å². The molecule has 3 rings (SSSR count). The normalized spacial score (nSPS) is 27.6. The lowest BCUT2D eigenvalue weighted by atomic mass is 10.0. The molecule has 1 heterocycles. The third-order valence-corrected chi connectivity index (χ3v) is 4.56. The van der Waals surface area contributed by atoms with Crippen molar-refractivity contribution in [2.45, 2.75) is 32.6 Å². The summed E-state index contributed by atoms with van der Waals surface area (Å²) < 4.78 is 4.72. The smallest absolute Gasteiger partial charge is 0.356 e. The zero-order valence-electron chi connectivity index (χ0n) is 11.9. The van der Waals surface area contributed by atoms with Crippen molar-refractivity contribution in [3.8, 4) is 0 Å². The fraction of sp³-hybridized carbons (Fsp3) is 0.600. The zero-order valence-corrected chi connectivity index (χ0v) is 11.9. The molecule has 2 N–H and O–H groups in total. The molecule has 20 heavy (non-hydrogen) atoms. The van der Waals surface area contributed by atoms with E-state index in [1.54, 1.807) is 6.07 Å². The van der Waals surface area contributed by atoms with Crippen LogP contribution in [0.1, 0.15) is 41.9 Å². The number of H-pyrrole nitrogens is 1. The molecule has 0 bridgehead atoms. The van der Waals surface area contributed by atoms with Crippen molar-refractivity contribution in [2.24, 2.45) is 17.8 Å². The molecule has 2 fully saturated rings. The average molecular weight is 276 g/mol. The molecule has 0 radical (unpaired) electrons. The molecule has 0 spiro atoms. The Morgan fingerprint density at radius 2 is 1.95 bits per heavy atom. The molecule has 2 saturated carbocycles. The van der Waals surface area contributed by atoms with E-state index in [1.165, 1.54) is 32.8 Å². The van der Waals surface area contributed by atoms with Crippen LogP contribution in [-0.4, -0.2) is 24.0 Å². The second-order valence-corrected chi connectivity index (χ2v) is 5.86. The highest BCUT2D eigenvalue weighted by atomic mass is 16.5. The van der Waals surface area contributed by atoms with Crippen LogP contribution in [0.25, 0.3) is 0 Å². The number of rotatable bonds is 3. The van der Waals surface area contributed by atoms with Crippen LogP contribution in [0, 0.1) is 24.7 Å². The van der Waals surface area contributed by atoms with Gasteiger partial charge in [0.05, 0.1) is 12.8 Å². The lowest BCUT2D eigenvalue weighted by molar-refractivity contribution is -0.117.